The number of carbonyl (C=O) groups excluding carboxylic acids is 1. The quantitative estimate of drug-likeness (QED) is 0.840. The molecule has 2 N–H and O–H groups in total. The van der Waals surface area contributed by atoms with Crippen molar-refractivity contribution in [1.29, 1.82) is 0 Å². The maximum Gasteiger partial charge on any atom is 0.269 e. The molecule has 104 valence electrons. The number of carbonyl (C=O) groups is 1. The third-order valence-electron chi connectivity index (χ3n) is 3.41. The number of H-pyrrole nitrogens is 2. The number of benzene rings is 1. The van der Waals surface area contributed by atoms with Gasteiger partial charge in [0.25, 0.3) is 11.5 Å². The third kappa shape index (κ3) is 2.02. The van der Waals surface area contributed by atoms with Gasteiger partial charge in [0, 0.05) is 18.7 Å². The lowest BCUT2D eigenvalue weighted by Gasteiger charge is -2.26. The third-order valence-corrected chi connectivity index (χ3v) is 3.72. The Morgan fingerprint density at radius 1 is 1.35 bits per heavy atom. The van der Waals surface area contributed by atoms with Crippen LogP contribution in [0.2, 0.25) is 5.02 Å². The first-order valence-electron chi connectivity index (χ1n) is 6.09. The summed E-state index contributed by atoms with van der Waals surface area (Å²) >= 11 is 5.89. The summed E-state index contributed by atoms with van der Waals surface area (Å²) in [5.41, 5.74) is 0.900. The van der Waals surface area contributed by atoms with Crippen LogP contribution in [0, 0.1) is 5.82 Å². The highest BCUT2D eigenvalue weighted by atomic mass is 35.5. The van der Waals surface area contributed by atoms with Crippen LogP contribution in [0.3, 0.4) is 0 Å². The minimum atomic E-state index is -0.656. The molecule has 3 rings (SSSR count). The number of fused-ring (bicyclic) bond motifs is 1. The van der Waals surface area contributed by atoms with Crippen LogP contribution in [0.1, 0.15) is 21.6 Å². The van der Waals surface area contributed by atoms with Crippen molar-refractivity contribution in [2.45, 2.75) is 13.0 Å². The van der Waals surface area contributed by atoms with Crippen molar-refractivity contribution in [2.75, 3.05) is 6.54 Å². The van der Waals surface area contributed by atoms with Crippen molar-refractivity contribution in [1.82, 2.24) is 15.1 Å². The second-order valence-electron chi connectivity index (χ2n) is 4.61. The van der Waals surface area contributed by atoms with Gasteiger partial charge >= 0.3 is 0 Å². The summed E-state index contributed by atoms with van der Waals surface area (Å²) < 4.78 is 13.8. The predicted octanol–water partition coefficient (Wildman–Crippen LogP) is 1.69. The van der Waals surface area contributed by atoms with Crippen LogP contribution in [0.5, 0.6) is 0 Å². The van der Waals surface area contributed by atoms with Crippen LogP contribution in [0.25, 0.3) is 0 Å². The van der Waals surface area contributed by atoms with E-state index in [4.69, 9.17) is 11.6 Å². The predicted molar refractivity (Wildman–Crippen MR) is 71.3 cm³/mol. The van der Waals surface area contributed by atoms with Crippen LogP contribution in [-0.2, 0) is 13.0 Å². The molecule has 0 radical (unpaired) electrons. The average Bonchev–Trinajstić information content (AvgIpc) is 2.79. The smallest absolute Gasteiger partial charge is 0.269 e. The fourth-order valence-electron chi connectivity index (χ4n) is 2.35. The SMILES string of the molecule is O=C(c1c(F)cccc1Cl)N1CCc2[nH][nH]c(=O)c2C1. The van der Waals surface area contributed by atoms with E-state index in [0.29, 0.717) is 18.5 Å². The van der Waals surface area contributed by atoms with Gasteiger partial charge < -0.3 is 10.00 Å². The van der Waals surface area contributed by atoms with Gasteiger partial charge in [0.15, 0.2) is 0 Å². The zero-order chi connectivity index (χ0) is 14.3. The van der Waals surface area contributed by atoms with Crippen molar-refractivity contribution in [3.05, 3.63) is 56.2 Å². The van der Waals surface area contributed by atoms with Crippen molar-refractivity contribution in [2.24, 2.45) is 0 Å². The average molecular weight is 296 g/mol. The zero-order valence-electron chi connectivity index (χ0n) is 10.4. The van der Waals surface area contributed by atoms with Crippen molar-refractivity contribution >= 4 is 17.5 Å². The molecule has 0 saturated carbocycles. The van der Waals surface area contributed by atoms with E-state index >= 15 is 0 Å². The fraction of sp³-hybridized carbons (Fsp3) is 0.231. The number of aromatic amines is 2. The summed E-state index contributed by atoms with van der Waals surface area (Å²) in [6.07, 6.45) is 0.520. The van der Waals surface area contributed by atoms with Crippen molar-refractivity contribution in [3.8, 4) is 0 Å². The van der Waals surface area contributed by atoms with Gasteiger partial charge in [0.2, 0.25) is 0 Å². The van der Waals surface area contributed by atoms with Gasteiger partial charge in [-0.1, -0.05) is 17.7 Å². The van der Waals surface area contributed by atoms with Crippen molar-refractivity contribution < 1.29 is 9.18 Å². The number of amides is 1. The Kier molecular flexibility index (Phi) is 3.10. The van der Waals surface area contributed by atoms with E-state index in [1.54, 1.807) is 0 Å². The number of nitrogens with one attached hydrogen (secondary N) is 2. The topological polar surface area (TPSA) is 69.0 Å². The molecular weight excluding hydrogens is 285 g/mol. The Morgan fingerprint density at radius 3 is 2.90 bits per heavy atom. The Bertz CT molecular complexity index is 717. The number of nitrogens with zero attached hydrogens (tertiary/aromatic N) is 1. The monoisotopic (exact) mass is 295 g/mol. The minimum absolute atomic E-state index is 0.0729. The Labute approximate surface area is 118 Å². The van der Waals surface area contributed by atoms with E-state index in [9.17, 15) is 14.0 Å². The second-order valence-corrected chi connectivity index (χ2v) is 5.02. The molecule has 0 saturated heterocycles. The first-order chi connectivity index (χ1) is 9.58. The van der Waals surface area contributed by atoms with Gasteiger partial charge in [0.05, 0.1) is 22.7 Å². The molecule has 0 unspecified atom stereocenters. The second kappa shape index (κ2) is 4.79. The fourth-order valence-corrected chi connectivity index (χ4v) is 2.59. The van der Waals surface area contributed by atoms with Crippen LogP contribution >= 0.6 is 11.6 Å². The molecule has 7 heteroatoms. The maximum absolute atomic E-state index is 13.8. The van der Waals surface area contributed by atoms with E-state index < -0.39 is 11.7 Å². The molecule has 5 nitrogen and oxygen atoms in total. The van der Waals surface area contributed by atoms with Gasteiger partial charge in [-0.3, -0.25) is 14.7 Å². The first kappa shape index (κ1) is 12.9. The number of rotatable bonds is 1. The van der Waals surface area contributed by atoms with Crippen LogP contribution in [0.15, 0.2) is 23.0 Å². The maximum atomic E-state index is 13.8. The van der Waals surface area contributed by atoms with Gasteiger partial charge in [-0.25, -0.2) is 4.39 Å². The normalized spacial score (nSPS) is 14.2. The van der Waals surface area contributed by atoms with E-state index in [1.165, 1.54) is 23.1 Å². The molecule has 1 aromatic heterocycles. The van der Waals surface area contributed by atoms with Gasteiger partial charge in [-0.15, -0.1) is 0 Å². The number of hydrogen-bond donors (Lipinski definition) is 2. The highest BCUT2D eigenvalue weighted by Gasteiger charge is 2.27. The minimum Gasteiger partial charge on any atom is -0.334 e. The van der Waals surface area contributed by atoms with Gasteiger partial charge in [-0.05, 0) is 12.1 Å². The molecule has 1 amide bonds. The highest BCUT2D eigenvalue weighted by molar-refractivity contribution is 6.33. The van der Waals surface area contributed by atoms with E-state index in [-0.39, 0.29) is 22.7 Å². The van der Waals surface area contributed by atoms with Gasteiger partial charge in [0.1, 0.15) is 5.82 Å². The highest BCUT2D eigenvalue weighted by Crippen LogP contribution is 2.23. The Balaban J connectivity index is 1.93. The summed E-state index contributed by atoms with van der Waals surface area (Å²) in [4.78, 5) is 25.4. The van der Waals surface area contributed by atoms with Crippen molar-refractivity contribution in [3.63, 3.8) is 0 Å². The summed E-state index contributed by atoms with van der Waals surface area (Å²) in [6.45, 7) is 0.557. The van der Waals surface area contributed by atoms with Crippen LogP contribution in [-0.4, -0.2) is 27.5 Å². The zero-order valence-corrected chi connectivity index (χ0v) is 11.1. The summed E-state index contributed by atoms with van der Waals surface area (Å²) in [7, 11) is 0. The van der Waals surface area contributed by atoms with E-state index in [2.05, 4.69) is 10.2 Å². The molecule has 0 bridgehead atoms. The number of halogens is 2. The molecule has 0 fully saturated rings. The lowest BCUT2D eigenvalue weighted by atomic mass is 10.1. The lowest BCUT2D eigenvalue weighted by Crippen LogP contribution is -2.37. The van der Waals surface area contributed by atoms with Gasteiger partial charge in [-0.2, -0.15) is 0 Å². The van der Waals surface area contributed by atoms with Crippen LogP contribution in [0.4, 0.5) is 4.39 Å². The molecule has 1 aliphatic rings. The summed E-state index contributed by atoms with van der Waals surface area (Å²) in [6, 6.07) is 4.10. The molecule has 2 heterocycles. The molecule has 1 aliphatic heterocycles. The molecule has 0 aliphatic carbocycles. The molecular formula is C13H11ClFN3O2. The largest absolute Gasteiger partial charge is 0.334 e. The van der Waals surface area contributed by atoms with E-state index in [0.717, 1.165) is 5.69 Å². The standard InChI is InChI=1S/C13H11ClFN3O2/c14-8-2-1-3-9(15)11(8)13(20)18-5-4-10-7(6-18)12(19)17-16-10/h1-3H,4-6H2,(H2,16,17,19). The molecule has 2 aromatic rings. The molecule has 20 heavy (non-hydrogen) atoms. The Hall–Kier alpha value is -2.08. The summed E-state index contributed by atoms with van der Waals surface area (Å²) in [5, 5.41) is 5.33. The molecule has 0 atom stereocenters. The number of aromatic nitrogens is 2. The lowest BCUT2D eigenvalue weighted by molar-refractivity contribution is 0.0729. The molecule has 1 aromatic carbocycles. The van der Waals surface area contributed by atoms with E-state index in [1.807, 2.05) is 0 Å². The number of hydrogen-bond acceptors (Lipinski definition) is 2. The van der Waals surface area contributed by atoms with Crippen LogP contribution < -0.4 is 5.56 Å². The molecule has 0 spiro atoms. The Morgan fingerprint density at radius 2 is 2.15 bits per heavy atom. The first-order valence-corrected chi connectivity index (χ1v) is 6.47. The summed E-state index contributed by atoms with van der Waals surface area (Å²) in [5.74, 6) is -1.16.